The lowest BCUT2D eigenvalue weighted by atomic mass is 10.3. The highest BCUT2D eigenvalue weighted by Crippen LogP contribution is 2.23. The number of halogens is 1. The van der Waals surface area contributed by atoms with Gasteiger partial charge in [0.05, 0.1) is 29.0 Å². The number of amides is 1. The van der Waals surface area contributed by atoms with E-state index >= 15 is 0 Å². The first-order valence-corrected chi connectivity index (χ1v) is 10.6. The van der Waals surface area contributed by atoms with E-state index in [1.807, 2.05) is 30.3 Å². The minimum absolute atomic E-state index is 0.0292. The molecule has 5 nitrogen and oxygen atoms in total. The Kier molecular flexibility index (Phi) is 5.83. The fraction of sp³-hybridized carbons (Fsp3) is 0.300. The highest BCUT2D eigenvalue weighted by atomic mass is 79.9. The molecule has 4 rings (SSSR count). The van der Waals surface area contributed by atoms with Crippen LogP contribution in [0.25, 0.3) is 10.2 Å². The van der Waals surface area contributed by atoms with E-state index in [-0.39, 0.29) is 5.91 Å². The molecule has 140 valence electrons. The first kappa shape index (κ1) is 18.6. The first-order chi connectivity index (χ1) is 13.2. The highest BCUT2D eigenvalue weighted by Gasteiger charge is 2.20. The Hall–Kier alpha value is -1.80. The Morgan fingerprint density at radius 3 is 2.52 bits per heavy atom. The van der Waals surface area contributed by atoms with Crippen LogP contribution in [-0.4, -0.2) is 53.4 Å². The lowest BCUT2D eigenvalue weighted by molar-refractivity contribution is -0.117. The number of hydrogen-bond donors (Lipinski definition) is 1. The van der Waals surface area contributed by atoms with Gasteiger partial charge in [-0.2, -0.15) is 0 Å². The zero-order chi connectivity index (χ0) is 18.6. The SMILES string of the molecule is O=C(CN1CCN(Cc2nc3ccccc3s2)CC1)Nc1ccccc1Br. The van der Waals surface area contributed by atoms with Crippen LogP contribution in [0.1, 0.15) is 5.01 Å². The Balaban J connectivity index is 1.26. The second kappa shape index (κ2) is 8.48. The van der Waals surface area contributed by atoms with Gasteiger partial charge in [-0.05, 0) is 40.2 Å². The summed E-state index contributed by atoms with van der Waals surface area (Å²) >= 11 is 5.23. The van der Waals surface area contributed by atoms with Gasteiger partial charge in [-0.25, -0.2) is 4.98 Å². The van der Waals surface area contributed by atoms with Crippen LogP contribution in [0.2, 0.25) is 0 Å². The topological polar surface area (TPSA) is 48.5 Å². The van der Waals surface area contributed by atoms with Crippen molar-refractivity contribution in [2.45, 2.75) is 6.54 Å². The number of piperazine rings is 1. The van der Waals surface area contributed by atoms with Crippen LogP contribution in [0.5, 0.6) is 0 Å². The molecule has 0 aliphatic carbocycles. The van der Waals surface area contributed by atoms with Crippen molar-refractivity contribution in [2.24, 2.45) is 0 Å². The van der Waals surface area contributed by atoms with Crippen molar-refractivity contribution in [2.75, 3.05) is 38.0 Å². The summed E-state index contributed by atoms with van der Waals surface area (Å²) in [5.74, 6) is 0.0292. The normalized spacial score (nSPS) is 15.9. The van der Waals surface area contributed by atoms with Gasteiger partial charge in [0.2, 0.25) is 5.91 Å². The average molecular weight is 445 g/mol. The number of nitrogens with zero attached hydrogens (tertiary/aromatic N) is 3. The second-order valence-electron chi connectivity index (χ2n) is 6.66. The summed E-state index contributed by atoms with van der Waals surface area (Å²) in [7, 11) is 0. The molecule has 1 aliphatic rings. The van der Waals surface area contributed by atoms with E-state index in [9.17, 15) is 4.79 Å². The maximum Gasteiger partial charge on any atom is 0.238 e. The number of carbonyl (C=O) groups excluding carboxylic acids is 1. The predicted molar refractivity (Wildman–Crippen MR) is 114 cm³/mol. The molecule has 0 bridgehead atoms. The Morgan fingerprint density at radius 2 is 1.74 bits per heavy atom. The number of carbonyl (C=O) groups is 1. The molecule has 1 fully saturated rings. The monoisotopic (exact) mass is 444 g/mol. The average Bonchev–Trinajstić information content (AvgIpc) is 3.07. The van der Waals surface area contributed by atoms with E-state index in [0.29, 0.717) is 6.54 Å². The summed E-state index contributed by atoms with van der Waals surface area (Å²) < 4.78 is 2.15. The minimum atomic E-state index is 0.0292. The van der Waals surface area contributed by atoms with E-state index < -0.39 is 0 Å². The van der Waals surface area contributed by atoms with Crippen LogP contribution in [0.3, 0.4) is 0 Å². The van der Waals surface area contributed by atoms with Gasteiger partial charge < -0.3 is 5.32 Å². The lowest BCUT2D eigenvalue weighted by Crippen LogP contribution is -2.48. The van der Waals surface area contributed by atoms with Crippen LogP contribution in [0.15, 0.2) is 53.0 Å². The number of benzene rings is 2. The van der Waals surface area contributed by atoms with Gasteiger partial charge in [0.25, 0.3) is 0 Å². The summed E-state index contributed by atoms with van der Waals surface area (Å²) in [4.78, 5) is 21.7. The Morgan fingerprint density at radius 1 is 1.04 bits per heavy atom. The quantitative estimate of drug-likeness (QED) is 0.649. The van der Waals surface area contributed by atoms with Crippen LogP contribution in [-0.2, 0) is 11.3 Å². The Labute approximate surface area is 171 Å². The number of para-hydroxylation sites is 2. The molecule has 1 amide bonds. The lowest BCUT2D eigenvalue weighted by Gasteiger charge is -2.33. The number of thiazole rings is 1. The molecule has 0 radical (unpaired) electrons. The molecule has 1 saturated heterocycles. The van der Waals surface area contributed by atoms with Gasteiger partial charge in [-0.1, -0.05) is 24.3 Å². The van der Waals surface area contributed by atoms with Crippen molar-refractivity contribution in [3.63, 3.8) is 0 Å². The molecule has 1 N–H and O–H groups in total. The van der Waals surface area contributed by atoms with Crippen molar-refractivity contribution >= 4 is 49.1 Å². The van der Waals surface area contributed by atoms with E-state index in [1.165, 1.54) is 4.70 Å². The third-order valence-corrected chi connectivity index (χ3v) is 6.39. The number of anilines is 1. The fourth-order valence-corrected chi connectivity index (χ4v) is 4.63. The molecular formula is C20H21BrN4OS. The first-order valence-electron chi connectivity index (χ1n) is 9.01. The summed E-state index contributed by atoms with van der Waals surface area (Å²) in [6, 6.07) is 16.0. The number of rotatable bonds is 5. The molecular weight excluding hydrogens is 424 g/mol. The van der Waals surface area contributed by atoms with Crippen LogP contribution in [0, 0.1) is 0 Å². The zero-order valence-electron chi connectivity index (χ0n) is 14.9. The molecule has 0 spiro atoms. The molecule has 0 saturated carbocycles. The molecule has 3 aromatic rings. The molecule has 2 aromatic carbocycles. The van der Waals surface area contributed by atoms with Gasteiger partial charge in [-0.15, -0.1) is 11.3 Å². The molecule has 0 atom stereocenters. The third kappa shape index (κ3) is 4.73. The molecule has 1 aliphatic heterocycles. The van der Waals surface area contributed by atoms with E-state index in [1.54, 1.807) is 11.3 Å². The van der Waals surface area contributed by atoms with Crippen LogP contribution in [0.4, 0.5) is 5.69 Å². The molecule has 1 aromatic heterocycles. The summed E-state index contributed by atoms with van der Waals surface area (Å²) in [5, 5.41) is 4.14. The second-order valence-corrected chi connectivity index (χ2v) is 8.63. The summed E-state index contributed by atoms with van der Waals surface area (Å²) in [6.45, 7) is 5.02. The van der Waals surface area contributed by atoms with Gasteiger partial charge >= 0.3 is 0 Å². The van der Waals surface area contributed by atoms with E-state index in [4.69, 9.17) is 4.98 Å². The standard InChI is InChI=1S/C20H21BrN4OS/c21-15-5-1-2-6-16(15)22-19(26)13-24-9-11-25(12-10-24)14-20-23-17-7-3-4-8-18(17)27-20/h1-8H,9-14H2,(H,22,26). The zero-order valence-corrected chi connectivity index (χ0v) is 17.3. The van der Waals surface area contributed by atoms with E-state index in [0.717, 1.165) is 53.4 Å². The van der Waals surface area contributed by atoms with Crippen LogP contribution < -0.4 is 5.32 Å². The minimum Gasteiger partial charge on any atom is -0.324 e. The maximum absolute atomic E-state index is 12.3. The van der Waals surface area contributed by atoms with Crippen molar-refractivity contribution in [1.82, 2.24) is 14.8 Å². The van der Waals surface area contributed by atoms with Gasteiger partial charge in [-0.3, -0.25) is 14.6 Å². The molecule has 27 heavy (non-hydrogen) atoms. The number of fused-ring (bicyclic) bond motifs is 1. The van der Waals surface area contributed by atoms with Gasteiger partial charge in [0, 0.05) is 30.7 Å². The highest BCUT2D eigenvalue weighted by molar-refractivity contribution is 9.10. The smallest absolute Gasteiger partial charge is 0.238 e. The van der Waals surface area contributed by atoms with Gasteiger partial charge in [0.15, 0.2) is 0 Å². The molecule has 7 heteroatoms. The predicted octanol–water partition coefficient (Wildman–Crippen LogP) is 3.82. The van der Waals surface area contributed by atoms with Crippen molar-refractivity contribution in [3.8, 4) is 0 Å². The Bertz CT molecular complexity index is 903. The van der Waals surface area contributed by atoms with Gasteiger partial charge in [0.1, 0.15) is 5.01 Å². The van der Waals surface area contributed by atoms with Crippen molar-refractivity contribution < 1.29 is 4.79 Å². The third-order valence-electron chi connectivity index (χ3n) is 4.68. The fourth-order valence-electron chi connectivity index (χ4n) is 3.24. The molecule has 2 heterocycles. The summed E-state index contributed by atoms with van der Waals surface area (Å²) in [6.07, 6.45) is 0. The number of nitrogens with one attached hydrogen (secondary N) is 1. The maximum atomic E-state index is 12.3. The number of aromatic nitrogens is 1. The molecule has 0 unspecified atom stereocenters. The van der Waals surface area contributed by atoms with Crippen molar-refractivity contribution in [1.29, 1.82) is 0 Å². The largest absolute Gasteiger partial charge is 0.324 e. The van der Waals surface area contributed by atoms with Crippen LogP contribution >= 0.6 is 27.3 Å². The number of hydrogen-bond acceptors (Lipinski definition) is 5. The summed E-state index contributed by atoms with van der Waals surface area (Å²) in [5.41, 5.74) is 1.90. The van der Waals surface area contributed by atoms with E-state index in [2.05, 4.69) is 49.2 Å². The van der Waals surface area contributed by atoms with Crippen molar-refractivity contribution in [3.05, 3.63) is 58.0 Å².